The third kappa shape index (κ3) is 2.32. The lowest BCUT2D eigenvalue weighted by Crippen LogP contribution is -2.19. The molecular formula is C15H17Cl3N2. The van der Waals surface area contributed by atoms with Gasteiger partial charge in [0.05, 0.1) is 27.0 Å². The first kappa shape index (κ1) is 14.5. The fraction of sp³-hybridized carbons (Fsp3) is 0.533. The molecule has 1 aliphatic rings. The Kier molecular flexibility index (Phi) is 3.68. The molecule has 0 unspecified atom stereocenters. The van der Waals surface area contributed by atoms with Gasteiger partial charge in [-0.3, -0.25) is 0 Å². The molecule has 0 spiro atoms. The first-order valence-corrected chi connectivity index (χ1v) is 8.16. The van der Waals surface area contributed by atoms with Crippen molar-refractivity contribution in [1.29, 1.82) is 0 Å². The molecule has 20 heavy (non-hydrogen) atoms. The summed E-state index contributed by atoms with van der Waals surface area (Å²) in [5, 5.41) is 1.10. The second kappa shape index (κ2) is 5.08. The molecule has 1 aromatic heterocycles. The molecule has 0 N–H and O–H groups in total. The fourth-order valence-electron chi connectivity index (χ4n) is 2.84. The number of hydrogen-bond acceptors (Lipinski definition) is 1. The highest BCUT2D eigenvalue weighted by atomic mass is 35.5. The van der Waals surface area contributed by atoms with Gasteiger partial charge in [0.25, 0.3) is 0 Å². The molecule has 0 aliphatic heterocycles. The topological polar surface area (TPSA) is 17.8 Å². The van der Waals surface area contributed by atoms with E-state index in [1.54, 1.807) is 0 Å². The highest BCUT2D eigenvalue weighted by Crippen LogP contribution is 2.53. The van der Waals surface area contributed by atoms with Crippen molar-refractivity contribution in [2.45, 2.75) is 39.1 Å². The Labute approximate surface area is 134 Å². The average molecular weight is 332 g/mol. The van der Waals surface area contributed by atoms with E-state index in [4.69, 9.17) is 34.8 Å². The first-order chi connectivity index (χ1) is 9.47. The van der Waals surface area contributed by atoms with E-state index in [1.807, 2.05) is 12.1 Å². The van der Waals surface area contributed by atoms with Crippen LogP contribution in [-0.4, -0.2) is 9.55 Å². The molecule has 2 nitrogen and oxygen atoms in total. The lowest BCUT2D eigenvalue weighted by Gasteiger charge is -2.21. The van der Waals surface area contributed by atoms with Crippen LogP contribution in [0.4, 0.5) is 0 Å². The van der Waals surface area contributed by atoms with Gasteiger partial charge in [-0.05, 0) is 36.3 Å². The minimum Gasteiger partial charge on any atom is -0.326 e. The summed E-state index contributed by atoms with van der Waals surface area (Å²) in [4.78, 5) is 4.59. The zero-order valence-electron chi connectivity index (χ0n) is 11.6. The summed E-state index contributed by atoms with van der Waals surface area (Å²) in [6.45, 7) is 5.54. The Morgan fingerprint density at radius 2 is 1.90 bits per heavy atom. The lowest BCUT2D eigenvalue weighted by molar-refractivity contribution is 0.309. The van der Waals surface area contributed by atoms with Crippen LogP contribution < -0.4 is 0 Å². The van der Waals surface area contributed by atoms with E-state index >= 15 is 0 Å². The van der Waals surface area contributed by atoms with Crippen LogP contribution in [0.1, 0.15) is 32.5 Å². The zero-order chi connectivity index (χ0) is 14.5. The Morgan fingerprint density at radius 3 is 2.45 bits per heavy atom. The predicted molar refractivity (Wildman–Crippen MR) is 85.8 cm³/mol. The standard InChI is InChI=1S/C15H17Cl3N2/c1-9(2)15(3-4-15)8-20-13-6-11(18)10(17)5-12(13)19-14(20)7-16/h5-6,9H,3-4,7-8H2,1-2H3. The number of halogens is 3. The molecule has 0 bridgehead atoms. The van der Waals surface area contributed by atoms with E-state index in [1.165, 1.54) is 12.8 Å². The summed E-state index contributed by atoms with van der Waals surface area (Å²) in [5.74, 6) is 1.95. The fourth-order valence-corrected chi connectivity index (χ4v) is 3.36. The molecule has 0 radical (unpaired) electrons. The smallest absolute Gasteiger partial charge is 0.124 e. The normalized spacial score (nSPS) is 17.1. The van der Waals surface area contributed by atoms with E-state index in [-0.39, 0.29) is 0 Å². The van der Waals surface area contributed by atoms with Crippen molar-refractivity contribution >= 4 is 45.8 Å². The Hall–Kier alpha value is -0.440. The van der Waals surface area contributed by atoms with E-state index < -0.39 is 0 Å². The van der Waals surface area contributed by atoms with E-state index in [2.05, 4.69) is 23.4 Å². The monoisotopic (exact) mass is 330 g/mol. The van der Waals surface area contributed by atoms with Crippen LogP contribution in [-0.2, 0) is 12.4 Å². The van der Waals surface area contributed by atoms with Gasteiger partial charge in [-0.1, -0.05) is 37.0 Å². The van der Waals surface area contributed by atoms with Gasteiger partial charge >= 0.3 is 0 Å². The SMILES string of the molecule is CC(C)C1(Cn2c(CCl)nc3cc(Cl)c(Cl)cc32)CC1. The largest absolute Gasteiger partial charge is 0.326 e. The van der Waals surface area contributed by atoms with Crippen LogP contribution in [0.15, 0.2) is 12.1 Å². The molecule has 1 heterocycles. The predicted octanol–water partition coefficient (Wildman–Crippen LogP) is 5.52. The number of fused-ring (bicyclic) bond motifs is 1. The molecule has 1 fully saturated rings. The van der Waals surface area contributed by atoms with Crippen molar-refractivity contribution in [1.82, 2.24) is 9.55 Å². The quantitative estimate of drug-likeness (QED) is 0.675. The first-order valence-electron chi connectivity index (χ1n) is 6.87. The molecule has 2 aromatic rings. The zero-order valence-corrected chi connectivity index (χ0v) is 13.9. The van der Waals surface area contributed by atoms with Gasteiger partial charge < -0.3 is 4.57 Å². The second-order valence-electron chi connectivity index (χ2n) is 6.02. The van der Waals surface area contributed by atoms with Crippen LogP contribution in [0, 0.1) is 11.3 Å². The molecule has 5 heteroatoms. The van der Waals surface area contributed by atoms with Crippen LogP contribution in [0.2, 0.25) is 10.0 Å². The Morgan fingerprint density at radius 1 is 1.25 bits per heavy atom. The number of nitrogens with zero attached hydrogens (tertiary/aromatic N) is 2. The summed E-state index contributed by atoms with van der Waals surface area (Å²) < 4.78 is 2.22. The Bertz CT molecular complexity index is 657. The number of imidazole rings is 1. The highest BCUT2D eigenvalue weighted by Gasteiger charge is 2.46. The van der Waals surface area contributed by atoms with Crippen molar-refractivity contribution in [3.8, 4) is 0 Å². The van der Waals surface area contributed by atoms with Crippen molar-refractivity contribution in [2.75, 3.05) is 0 Å². The molecule has 108 valence electrons. The van der Waals surface area contributed by atoms with E-state index in [9.17, 15) is 0 Å². The highest BCUT2D eigenvalue weighted by molar-refractivity contribution is 6.42. The van der Waals surface area contributed by atoms with Gasteiger partial charge in [-0.2, -0.15) is 0 Å². The van der Waals surface area contributed by atoms with Crippen molar-refractivity contribution in [2.24, 2.45) is 11.3 Å². The molecular weight excluding hydrogens is 315 g/mol. The molecule has 1 saturated carbocycles. The Balaban J connectivity index is 2.11. The second-order valence-corrected chi connectivity index (χ2v) is 7.10. The lowest BCUT2D eigenvalue weighted by atomic mass is 9.92. The molecule has 1 aliphatic carbocycles. The maximum Gasteiger partial charge on any atom is 0.124 e. The van der Waals surface area contributed by atoms with Gasteiger partial charge in [-0.15, -0.1) is 11.6 Å². The van der Waals surface area contributed by atoms with Gasteiger partial charge in [0, 0.05) is 6.54 Å². The van der Waals surface area contributed by atoms with Gasteiger partial charge in [0.15, 0.2) is 0 Å². The third-order valence-electron chi connectivity index (χ3n) is 4.58. The van der Waals surface area contributed by atoms with Crippen LogP contribution in [0.3, 0.4) is 0 Å². The van der Waals surface area contributed by atoms with E-state index in [0.29, 0.717) is 27.3 Å². The van der Waals surface area contributed by atoms with E-state index in [0.717, 1.165) is 23.4 Å². The molecule has 0 atom stereocenters. The summed E-state index contributed by atoms with van der Waals surface area (Å²) in [6, 6.07) is 3.72. The van der Waals surface area contributed by atoms with Crippen LogP contribution in [0.5, 0.6) is 0 Å². The van der Waals surface area contributed by atoms with Crippen LogP contribution in [0.25, 0.3) is 11.0 Å². The summed E-state index contributed by atoms with van der Waals surface area (Å²) in [7, 11) is 0. The minimum atomic E-state index is 0.389. The molecule has 3 rings (SSSR count). The molecule has 1 aromatic carbocycles. The van der Waals surface area contributed by atoms with Crippen molar-refractivity contribution in [3.05, 3.63) is 28.0 Å². The maximum atomic E-state index is 6.16. The number of rotatable bonds is 4. The number of alkyl halides is 1. The summed E-state index contributed by atoms with van der Waals surface area (Å²) in [5.41, 5.74) is 2.29. The summed E-state index contributed by atoms with van der Waals surface area (Å²) >= 11 is 18.3. The maximum absolute atomic E-state index is 6.16. The number of hydrogen-bond donors (Lipinski definition) is 0. The summed E-state index contributed by atoms with van der Waals surface area (Å²) in [6.07, 6.45) is 2.54. The molecule has 0 amide bonds. The minimum absolute atomic E-state index is 0.389. The van der Waals surface area contributed by atoms with Gasteiger partial charge in [0.2, 0.25) is 0 Å². The average Bonchev–Trinajstić information content (AvgIpc) is 3.12. The van der Waals surface area contributed by atoms with Gasteiger partial charge in [0.1, 0.15) is 5.82 Å². The number of aromatic nitrogens is 2. The molecule has 0 saturated heterocycles. The van der Waals surface area contributed by atoms with Crippen molar-refractivity contribution in [3.63, 3.8) is 0 Å². The third-order valence-corrected chi connectivity index (χ3v) is 5.54. The van der Waals surface area contributed by atoms with Crippen LogP contribution >= 0.6 is 34.8 Å². The number of benzene rings is 1. The van der Waals surface area contributed by atoms with Gasteiger partial charge in [-0.25, -0.2) is 4.98 Å². The van der Waals surface area contributed by atoms with Crippen molar-refractivity contribution < 1.29 is 0 Å².